The van der Waals surface area contributed by atoms with Crippen LogP contribution in [0.4, 0.5) is 13.2 Å². The number of ether oxygens (including phenoxy) is 2. The molecule has 2 aliphatic rings. The Labute approximate surface area is 189 Å². The second-order valence-electron chi connectivity index (χ2n) is 8.53. The van der Waals surface area contributed by atoms with Gasteiger partial charge in [-0.3, -0.25) is 4.79 Å². The van der Waals surface area contributed by atoms with Gasteiger partial charge in [0.1, 0.15) is 5.78 Å². The average Bonchev–Trinajstić information content (AvgIpc) is 3.49. The van der Waals surface area contributed by atoms with Crippen LogP contribution in [0, 0.1) is 0 Å². The van der Waals surface area contributed by atoms with Crippen LogP contribution in [0.5, 0.6) is 11.5 Å². The predicted molar refractivity (Wildman–Crippen MR) is 117 cm³/mol. The van der Waals surface area contributed by atoms with Crippen molar-refractivity contribution in [1.82, 2.24) is 0 Å². The van der Waals surface area contributed by atoms with Crippen molar-refractivity contribution >= 4 is 5.78 Å². The van der Waals surface area contributed by atoms with E-state index < -0.39 is 17.2 Å². The van der Waals surface area contributed by atoms with Gasteiger partial charge in [0.05, 0.1) is 11.0 Å². The highest BCUT2D eigenvalue weighted by atomic mass is 19.4. The number of carbonyl (C=O) groups excluding carboxylic acids is 1. The lowest BCUT2D eigenvalue weighted by molar-refractivity contribution is -0.137. The number of benzene rings is 3. The van der Waals surface area contributed by atoms with E-state index in [4.69, 9.17) is 15.2 Å². The first-order chi connectivity index (χ1) is 15.8. The number of Topliss-reactive ketones (excluding diaryl/α,β-unsaturated/α-hetero) is 1. The van der Waals surface area contributed by atoms with E-state index in [1.165, 1.54) is 6.07 Å². The second-order valence-corrected chi connectivity index (χ2v) is 8.53. The lowest BCUT2D eigenvalue weighted by Crippen LogP contribution is -2.22. The van der Waals surface area contributed by atoms with E-state index in [1.807, 2.05) is 12.1 Å². The summed E-state index contributed by atoms with van der Waals surface area (Å²) in [5.74, 6) is 1.13. The van der Waals surface area contributed by atoms with Gasteiger partial charge in [-0.15, -0.1) is 0 Å². The Kier molecular flexibility index (Phi) is 5.16. The zero-order valence-corrected chi connectivity index (χ0v) is 17.7. The van der Waals surface area contributed by atoms with Crippen molar-refractivity contribution < 1.29 is 27.4 Å². The highest BCUT2D eigenvalue weighted by molar-refractivity contribution is 5.95. The Morgan fingerprint density at radius 3 is 2.45 bits per heavy atom. The van der Waals surface area contributed by atoms with Gasteiger partial charge in [0.25, 0.3) is 0 Å². The molecule has 3 aromatic rings. The van der Waals surface area contributed by atoms with Gasteiger partial charge in [0, 0.05) is 13.0 Å². The van der Waals surface area contributed by atoms with Crippen LogP contribution in [-0.4, -0.2) is 12.6 Å². The van der Waals surface area contributed by atoms with Crippen LogP contribution in [-0.2, 0) is 29.4 Å². The van der Waals surface area contributed by atoms with E-state index in [0.29, 0.717) is 35.5 Å². The third-order valence-electron chi connectivity index (χ3n) is 6.44. The van der Waals surface area contributed by atoms with Crippen LogP contribution in [0.25, 0.3) is 11.1 Å². The summed E-state index contributed by atoms with van der Waals surface area (Å²) in [6.45, 7) is 0.379. The first kappa shape index (κ1) is 21.5. The summed E-state index contributed by atoms with van der Waals surface area (Å²) in [5.41, 5.74) is 6.66. The fourth-order valence-electron chi connectivity index (χ4n) is 4.46. The van der Waals surface area contributed by atoms with Crippen LogP contribution in [0.2, 0.25) is 0 Å². The molecular weight excluding hydrogens is 431 g/mol. The van der Waals surface area contributed by atoms with E-state index >= 15 is 0 Å². The van der Waals surface area contributed by atoms with Crippen LogP contribution in [0.15, 0.2) is 60.7 Å². The van der Waals surface area contributed by atoms with Crippen LogP contribution >= 0.6 is 0 Å². The molecule has 3 aromatic carbocycles. The van der Waals surface area contributed by atoms with Gasteiger partial charge in [0.2, 0.25) is 6.79 Å². The number of hydrogen-bond donors (Lipinski definition) is 1. The molecule has 1 aliphatic heterocycles. The van der Waals surface area contributed by atoms with Crippen LogP contribution in [0.1, 0.15) is 35.1 Å². The molecule has 0 unspecified atom stereocenters. The molecule has 4 nitrogen and oxygen atoms in total. The molecule has 0 aromatic heterocycles. The molecule has 1 fully saturated rings. The summed E-state index contributed by atoms with van der Waals surface area (Å²) in [6.07, 6.45) is -3.29. The van der Waals surface area contributed by atoms with Crippen LogP contribution in [0.3, 0.4) is 0 Å². The van der Waals surface area contributed by atoms with Crippen molar-refractivity contribution in [2.75, 3.05) is 6.79 Å². The van der Waals surface area contributed by atoms with Crippen molar-refractivity contribution in [3.8, 4) is 22.6 Å². The molecule has 170 valence electrons. The lowest BCUT2D eigenvalue weighted by atomic mass is 9.86. The molecule has 0 spiro atoms. The number of fused-ring (bicyclic) bond motifs is 1. The molecule has 2 N–H and O–H groups in total. The van der Waals surface area contributed by atoms with Gasteiger partial charge in [-0.25, -0.2) is 0 Å². The van der Waals surface area contributed by atoms with E-state index in [9.17, 15) is 18.0 Å². The monoisotopic (exact) mass is 453 g/mol. The smallest absolute Gasteiger partial charge is 0.417 e. The van der Waals surface area contributed by atoms with Gasteiger partial charge in [-0.2, -0.15) is 13.2 Å². The van der Waals surface area contributed by atoms with E-state index in [1.54, 1.807) is 36.4 Å². The molecule has 33 heavy (non-hydrogen) atoms. The third-order valence-corrected chi connectivity index (χ3v) is 6.44. The average molecular weight is 453 g/mol. The highest BCUT2D eigenvalue weighted by Crippen LogP contribution is 2.51. The van der Waals surface area contributed by atoms with Crippen LogP contribution < -0.4 is 15.2 Å². The largest absolute Gasteiger partial charge is 0.454 e. The lowest BCUT2D eigenvalue weighted by Gasteiger charge is -2.18. The standard InChI is InChI=1S/C26H22F3NO3/c27-26(28,29)21-11-16(4-6-20(21)18-3-1-2-17(10-18)14-30)12-24(31)25(8-9-25)19-5-7-22-23(13-19)33-15-32-22/h1-7,10-11,13H,8-9,12,14-15,30H2. The quantitative estimate of drug-likeness (QED) is 0.543. The number of rotatable bonds is 6. The first-order valence-electron chi connectivity index (χ1n) is 10.7. The van der Waals surface area contributed by atoms with E-state index in [0.717, 1.165) is 17.2 Å². The van der Waals surface area contributed by atoms with E-state index in [2.05, 4.69) is 0 Å². The number of carbonyl (C=O) groups is 1. The van der Waals surface area contributed by atoms with Gasteiger partial charge >= 0.3 is 6.18 Å². The highest BCUT2D eigenvalue weighted by Gasteiger charge is 2.51. The predicted octanol–water partition coefficient (Wildman–Crippen LogP) is 5.40. The molecular formula is C26H22F3NO3. The number of ketones is 1. The molecule has 1 heterocycles. The fraction of sp³-hybridized carbons (Fsp3) is 0.269. The number of nitrogens with two attached hydrogens (primary N) is 1. The van der Waals surface area contributed by atoms with Crippen molar-refractivity contribution in [2.45, 2.75) is 37.4 Å². The Morgan fingerprint density at radius 2 is 1.73 bits per heavy atom. The van der Waals surface area contributed by atoms with E-state index in [-0.39, 0.29) is 31.1 Å². The van der Waals surface area contributed by atoms with Crippen molar-refractivity contribution in [2.24, 2.45) is 5.73 Å². The summed E-state index contributed by atoms with van der Waals surface area (Å²) in [6, 6.07) is 16.3. The second kappa shape index (κ2) is 7.92. The molecule has 0 amide bonds. The minimum absolute atomic E-state index is 0.0688. The Hall–Kier alpha value is -3.32. The first-order valence-corrected chi connectivity index (χ1v) is 10.7. The maximum atomic E-state index is 13.9. The molecule has 0 saturated heterocycles. The fourth-order valence-corrected chi connectivity index (χ4v) is 4.46. The van der Waals surface area contributed by atoms with Gasteiger partial charge in [-0.05, 0) is 64.9 Å². The summed E-state index contributed by atoms with van der Waals surface area (Å²) in [4.78, 5) is 13.2. The Morgan fingerprint density at radius 1 is 0.939 bits per heavy atom. The molecule has 1 saturated carbocycles. The summed E-state index contributed by atoms with van der Waals surface area (Å²) in [7, 11) is 0. The summed E-state index contributed by atoms with van der Waals surface area (Å²) < 4.78 is 52.6. The number of alkyl halides is 3. The zero-order chi connectivity index (χ0) is 23.2. The third kappa shape index (κ3) is 3.97. The Balaban J connectivity index is 1.44. The molecule has 1 aliphatic carbocycles. The number of halogens is 3. The summed E-state index contributed by atoms with van der Waals surface area (Å²) >= 11 is 0. The topological polar surface area (TPSA) is 61.6 Å². The molecule has 0 radical (unpaired) electrons. The normalized spacial score (nSPS) is 16.0. The minimum Gasteiger partial charge on any atom is -0.454 e. The van der Waals surface area contributed by atoms with Gasteiger partial charge < -0.3 is 15.2 Å². The zero-order valence-electron chi connectivity index (χ0n) is 17.7. The maximum Gasteiger partial charge on any atom is 0.417 e. The Bertz CT molecular complexity index is 1230. The molecule has 5 rings (SSSR count). The molecule has 0 bridgehead atoms. The van der Waals surface area contributed by atoms with Crippen molar-refractivity contribution in [1.29, 1.82) is 0 Å². The van der Waals surface area contributed by atoms with Gasteiger partial charge in [-0.1, -0.05) is 36.4 Å². The van der Waals surface area contributed by atoms with Gasteiger partial charge in [0.15, 0.2) is 11.5 Å². The minimum atomic E-state index is -4.55. The number of hydrogen-bond acceptors (Lipinski definition) is 4. The molecule has 7 heteroatoms. The van der Waals surface area contributed by atoms with Crippen molar-refractivity contribution in [3.05, 3.63) is 82.9 Å². The summed E-state index contributed by atoms with van der Waals surface area (Å²) in [5, 5.41) is 0. The molecule has 0 atom stereocenters. The maximum absolute atomic E-state index is 13.9. The van der Waals surface area contributed by atoms with Crippen molar-refractivity contribution in [3.63, 3.8) is 0 Å². The SMILES string of the molecule is NCc1cccc(-c2ccc(CC(=O)C3(c4ccc5c(c4)OCO5)CC3)cc2C(F)(F)F)c1.